The fourth-order valence-electron chi connectivity index (χ4n) is 2.29. The summed E-state index contributed by atoms with van der Waals surface area (Å²) in [6, 6.07) is 8.47. The van der Waals surface area contributed by atoms with Gasteiger partial charge in [0.2, 0.25) is 0 Å². The fraction of sp³-hybridized carbons (Fsp3) is 0.538. The van der Waals surface area contributed by atoms with Crippen molar-refractivity contribution >= 4 is 11.6 Å². The van der Waals surface area contributed by atoms with Crippen LogP contribution in [0.25, 0.3) is 0 Å². The van der Waals surface area contributed by atoms with Crippen LogP contribution in [-0.2, 0) is 6.54 Å². The maximum atomic E-state index is 6.01. The number of benzene rings is 1. The van der Waals surface area contributed by atoms with E-state index in [0.29, 0.717) is 12.0 Å². The van der Waals surface area contributed by atoms with Gasteiger partial charge >= 0.3 is 0 Å². The fourth-order valence-corrected chi connectivity index (χ4v) is 2.50. The third-order valence-corrected chi connectivity index (χ3v) is 3.59. The molecule has 0 bridgehead atoms. The molecule has 1 heterocycles. The Balaban J connectivity index is 1.95. The van der Waals surface area contributed by atoms with Gasteiger partial charge in [-0.2, -0.15) is 0 Å². The van der Waals surface area contributed by atoms with Gasteiger partial charge in [0.05, 0.1) is 0 Å². The summed E-state index contributed by atoms with van der Waals surface area (Å²) >= 11 is 5.98. The number of hydrogen-bond donors (Lipinski definition) is 1. The van der Waals surface area contributed by atoms with Crippen molar-refractivity contribution < 1.29 is 0 Å². The molecule has 2 rings (SSSR count). The van der Waals surface area contributed by atoms with Crippen molar-refractivity contribution in [2.45, 2.75) is 25.9 Å². The summed E-state index contributed by atoms with van der Waals surface area (Å²) in [6.45, 7) is 5.40. The molecular weight excluding hydrogens is 220 g/mol. The minimum atomic E-state index is 0.371. The average Bonchev–Trinajstić information content (AvgIpc) is 2.24. The Kier molecular flexibility index (Phi) is 3.85. The van der Waals surface area contributed by atoms with Crippen molar-refractivity contribution in [3.8, 4) is 0 Å². The molecule has 0 spiro atoms. The summed E-state index contributed by atoms with van der Waals surface area (Å²) in [5.41, 5.74) is 7.30. The Morgan fingerprint density at radius 3 is 3.00 bits per heavy atom. The van der Waals surface area contributed by atoms with Gasteiger partial charge in [-0.1, -0.05) is 30.7 Å². The molecule has 0 radical (unpaired) electrons. The lowest BCUT2D eigenvalue weighted by Gasteiger charge is -2.35. The van der Waals surface area contributed by atoms with Crippen LogP contribution < -0.4 is 5.73 Å². The van der Waals surface area contributed by atoms with Crippen molar-refractivity contribution in [2.24, 2.45) is 11.7 Å². The Bertz CT molecular complexity index is 354. The highest BCUT2D eigenvalue weighted by Gasteiger charge is 2.22. The van der Waals surface area contributed by atoms with Crippen LogP contribution in [0.1, 0.15) is 18.9 Å². The molecule has 16 heavy (non-hydrogen) atoms. The summed E-state index contributed by atoms with van der Waals surface area (Å²) in [6.07, 6.45) is 1.10. The van der Waals surface area contributed by atoms with Crippen LogP contribution in [0, 0.1) is 5.92 Å². The zero-order chi connectivity index (χ0) is 11.5. The van der Waals surface area contributed by atoms with Gasteiger partial charge in [0.25, 0.3) is 0 Å². The molecule has 1 saturated heterocycles. The van der Waals surface area contributed by atoms with Crippen molar-refractivity contribution in [2.75, 3.05) is 13.1 Å². The summed E-state index contributed by atoms with van der Waals surface area (Å²) in [5.74, 6) is 0.591. The molecular formula is C13H19ClN2. The molecule has 0 amide bonds. The maximum absolute atomic E-state index is 6.01. The van der Waals surface area contributed by atoms with Crippen LogP contribution in [-0.4, -0.2) is 24.0 Å². The summed E-state index contributed by atoms with van der Waals surface area (Å²) in [7, 11) is 0. The Morgan fingerprint density at radius 1 is 1.50 bits per heavy atom. The number of halogens is 1. The van der Waals surface area contributed by atoms with E-state index in [2.05, 4.69) is 17.9 Å². The smallest absolute Gasteiger partial charge is 0.0409 e. The topological polar surface area (TPSA) is 29.3 Å². The van der Waals surface area contributed by atoms with E-state index < -0.39 is 0 Å². The van der Waals surface area contributed by atoms with Gasteiger partial charge in [0, 0.05) is 24.2 Å². The molecule has 0 aromatic heterocycles. The van der Waals surface area contributed by atoms with Gasteiger partial charge in [-0.15, -0.1) is 0 Å². The zero-order valence-electron chi connectivity index (χ0n) is 9.70. The van der Waals surface area contributed by atoms with Crippen molar-refractivity contribution in [1.82, 2.24) is 4.90 Å². The van der Waals surface area contributed by atoms with E-state index in [-0.39, 0.29) is 0 Å². The predicted molar refractivity (Wildman–Crippen MR) is 68.5 cm³/mol. The Morgan fingerprint density at radius 2 is 2.31 bits per heavy atom. The Labute approximate surface area is 102 Å². The zero-order valence-corrected chi connectivity index (χ0v) is 10.5. The second-order valence-electron chi connectivity index (χ2n) is 4.79. The second kappa shape index (κ2) is 5.17. The molecule has 2 N–H and O–H groups in total. The van der Waals surface area contributed by atoms with Crippen LogP contribution in [0.5, 0.6) is 0 Å². The van der Waals surface area contributed by atoms with E-state index in [1.54, 1.807) is 0 Å². The number of nitrogens with zero attached hydrogens (tertiary/aromatic N) is 1. The van der Waals surface area contributed by atoms with E-state index in [4.69, 9.17) is 17.3 Å². The van der Waals surface area contributed by atoms with Crippen LogP contribution in [0.4, 0.5) is 0 Å². The minimum absolute atomic E-state index is 0.371. The molecule has 1 aliphatic rings. The van der Waals surface area contributed by atoms with Gasteiger partial charge in [-0.25, -0.2) is 0 Å². The third-order valence-electron chi connectivity index (χ3n) is 3.35. The van der Waals surface area contributed by atoms with E-state index >= 15 is 0 Å². The first-order valence-electron chi connectivity index (χ1n) is 5.87. The lowest BCUT2D eigenvalue weighted by Crippen LogP contribution is -2.45. The first kappa shape index (κ1) is 11.9. The maximum Gasteiger partial charge on any atom is 0.0409 e. The number of hydrogen-bond acceptors (Lipinski definition) is 2. The molecule has 1 aromatic rings. The largest absolute Gasteiger partial charge is 0.327 e. The quantitative estimate of drug-likeness (QED) is 0.858. The summed E-state index contributed by atoms with van der Waals surface area (Å²) in [5, 5.41) is 0.819. The monoisotopic (exact) mass is 238 g/mol. The van der Waals surface area contributed by atoms with Crippen LogP contribution in [0.15, 0.2) is 24.3 Å². The van der Waals surface area contributed by atoms with E-state index in [9.17, 15) is 0 Å². The third kappa shape index (κ3) is 2.97. The van der Waals surface area contributed by atoms with Crippen LogP contribution in [0.3, 0.4) is 0 Å². The van der Waals surface area contributed by atoms with Gasteiger partial charge < -0.3 is 5.73 Å². The highest BCUT2D eigenvalue weighted by Crippen LogP contribution is 2.18. The highest BCUT2D eigenvalue weighted by atomic mass is 35.5. The van der Waals surface area contributed by atoms with Crippen LogP contribution >= 0.6 is 11.6 Å². The lowest BCUT2D eigenvalue weighted by atomic mass is 9.94. The summed E-state index contributed by atoms with van der Waals surface area (Å²) < 4.78 is 0. The lowest BCUT2D eigenvalue weighted by molar-refractivity contribution is 0.158. The van der Waals surface area contributed by atoms with Crippen molar-refractivity contribution in [3.05, 3.63) is 34.9 Å². The first-order chi connectivity index (χ1) is 7.65. The molecule has 3 heteroatoms. The molecule has 2 unspecified atom stereocenters. The highest BCUT2D eigenvalue weighted by molar-refractivity contribution is 6.30. The van der Waals surface area contributed by atoms with E-state index in [1.165, 1.54) is 5.56 Å². The molecule has 1 aliphatic heterocycles. The van der Waals surface area contributed by atoms with Gasteiger partial charge in [0.1, 0.15) is 0 Å². The standard InChI is InChI=1S/C13H19ClN2/c1-10-8-16(6-5-13(10)15)9-11-3-2-4-12(14)7-11/h2-4,7,10,13H,5-6,8-9,15H2,1H3. The number of nitrogens with two attached hydrogens (primary N) is 1. The molecule has 88 valence electrons. The van der Waals surface area contributed by atoms with Crippen LogP contribution in [0.2, 0.25) is 5.02 Å². The van der Waals surface area contributed by atoms with Gasteiger partial charge in [-0.3, -0.25) is 4.90 Å². The van der Waals surface area contributed by atoms with Crippen molar-refractivity contribution in [1.29, 1.82) is 0 Å². The predicted octanol–water partition coefficient (Wildman–Crippen LogP) is 2.51. The molecule has 0 saturated carbocycles. The second-order valence-corrected chi connectivity index (χ2v) is 5.23. The van der Waals surface area contributed by atoms with E-state index in [0.717, 1.165) is 31.1 Å². The molecule has 1 fully saturated rings. The van der Waals surface area contributed by atoms with Crippen molar-refractivity contribution in [3.63, 3.8) is 0 Å². The molecule has 2 nitrogen and oxygen atoms in total. The number of rotatable bonds is 2. The first-order valence-corrected chi connectivity index (χ1v) is 6.25. The molecule has 0 aliphatic carbocycles. The number of piperidine rings is 1. The van der Waals surface area contributed by atoms with Gasteiger partial charge in [0.15, 0.2) is 0 Å². The van der Waals surface area contributed by atoms with Gasteiger partial charge in [-0.05, 0) is 36.6 Å². The average molecular weight is 239 g/mol. The SMILES string of the molecule is CC1CN(Cc2cccc(Cl)c2)CCC1N. The Hall–Kier alpha value is -0.570. The number of likely N-dealkylation sites (tertiary alicyclic amines) is 1. The molecule has 1 aromatic carbocycles. The normalized spacial score (nSPS) is 26.9. The minimum Gasteiger partial charge on any atom is -0.327 e. The summed E-state index contributed by atoms with van der Waals surface area (Å²) in [4.78, 5) is 2.46. The van der Waals surface area contributed by atoms with E-state index in [1.807, 2.05) is 18.2 Å². The molecule has 2 atom stereocenters.